The number of hydrogen-bond acceptors (Lipinski definition) is 6. The van der Waals surface area contributed by atoms with Crippen LogP contribution in [0.2, 0.25) is 0 Å². The monoisotopic (exact) mass is 420 g/mol. The Labute approximate surface area is 178 Å². The lowest BCUT2D eigenvalue weighted by atomic mass is 9.44. The van der Waals surface area contributed by atoms with E-state index >= 15 is 0 Å². The first kappa shape index (κ1) is 21.9. The van der Waals surface area contributed by atoms with E-state index in [2.05, 4.69) is 6.92 Å². The Bertz CT molecular complexity index is 763. The average molecular weight is 421 g/mol. The Morgan fingerprint density at radius 3 is 2.53 bits per heavy atom. The summed E-state index contributed by atoms with van der Waals surface area (Å²) < 4.78 is 4.93. The highest BCUT2D eigenvalue weighted by Gasteiger charge is 2.71. The zero-order valence-electron chi connectivity index (χ0n) is 18.6. The van der Waals surface area contributed by atoms with Crippen molar-refractivity contribution in [1.29, 1.82) is 0 Å². The van der Waals surface area contributed by atoms with Crippen LogP contribution in [0, 0.1) is 40.4 Å². The molecule has 0 amide bonds. The van der Waals surface area contributed by atoms with E-state index in [0.717, 1.165) is 32.1 Å². The van der Waals surface area contributed by atoms with Gasteiger partial charge in [-0.1, -0.05) is 20.8 Å². The lowest BCUT2D eigenvalue weighted by Crippen LogP contribution is -2.63. The molecule has 2 N–H and O–H groups in total. The van der Waals surface area contributed by atoms with Crippen molar-refractivity contribution < 1.29 is 29.3 Å². The molecule has 4 fully saturated rings. The highest BCUT2D eigenvalue weighted by atomic mass is 16.5. The van der Waals surface area contributed by atoms with Gasteiger partial charge in [-0.25, -0.2) is 0 Å². The molecule has 4 rings (SSSR count). The maximum absolute atomic E-state index is 13.6. The molecule has 0 bridgehead atoms. The van der Waals surface area contributed by atoms with Gasteiger partial charge in [-0.15, -0.1) is 0 Å². The molecule has 0 saturated heterocycles. The molecule has 4 aliphatic rings. The molecule has 30 heavy (non-hydrogen) atoms. The predicted molar refractivity (Wildman–Crippen MR) is 109 cm³/mol. The first-order chi connectivity index (χ1) is 13.9. The number of ketones is 2. The van der Waals surface area contributed by atoms with E-state index in [1.807, 2.05) is 13.8 Å². The molecule has 168 valence electrons. The summed E-state index contributed by atoms with van der Waals surface area (Å²) in [6, 6.07) is 0. The van der Waals surface area contributed by atoms with E-state index in [-0.39, 0.29) is 47.4 Å². The third-order valence-corrected chi connectivity index (χ3v) is 9.74. The summed E-state index contributed by atoms with van der Waals surface area (Å²) in [6.45, 7) is 6.82. The van der Waals surface area contributed by atoms with Gasteiger partial charge in [0.1, 0.15) is 11.4 Å². The first-order valence-corrected chi connectivity index (χ1v) is 11.5. The number of carbonyl (C=O) groups is 3. The SMILES string of the molecule is CC(=O)OCC(=O)[C@@]1(O)[C@H](C)C[C@H]2[C@@H]3CCC4C[C@H](O)CC[C@]4(C)[C@H]3C(=O)C[C@@]21C. The third kappa shape index (κ3) is 2.85. The van der Waals surface area contributed by atoms with Gasteiger partial charge in [0.2, 0.25) is 5.78 Å². The maximum atomic E-state index is 13.6. The Balaban J connectivity index is 1.67. The molecular weight excluding hydrogens is 384 g/mol. The van der Waals surface area contributed by atoms with Crippen molar-refractivity contribution >= 4 is 17.5 Å². The van der Waals surface area contributed by atoms with E-state index in [9.17, 15) is 24.6 Å². The molecule has 4 saturated carbocycles. The Hall–Kier alpha value is -1.27. The van der Waals surface area contributed by atoms with Crippen LogP contribution in [-0.4, -0.2) is 46.1 Å². The van der Waals surface area contributed by atoms with Crippen LogP contribution in [0.15, 0.2) is 0 Å². The van der Waals surface area contributed by atoms with Gasteiger partial charge < -0.3 is 14.9 Å². The van der Waals surface area contributed by atoms with Gasteiger partial charge in [0.05, 0.1) is 6.10 Å². The molecule has 0 aromatic carbocycles. The smallest absolute Gasteiger partial charge is 0.303 e. The largest absolute Gasteiger partial charge is 0.458 e. The lowest BCUT2D eigenvalue weighted by molar-refractivity contribution is -0.184. The molecule has 6 nitrogen and oxygen atoms in total. The fourth-order valence-corrected chi connectivity index (χ4v) is 8.26. The number of aliphatic hydroxyl groups excluding tert-OH is 1. The van der Waals surface area contributed by atoms with Crippen molar-refractivity contribution in [3.63, 3.8) is 0 Å². The van der Waals surface area contributed by atoms with E-state index in [4.69, 9.17) is 4.74 Å². The molecule has 0 heterocycles. The van der Waals surface area contributed by atoms with Gasteiger partial charge >= 0.3 is 5.97 Å². The summed E-state index contributed by atoms with van der Waals surface area (Å²) in [7, 11) is 0. The minimum atomic E-state index is -1.66. The van der Waals surface area contributed by atoms with Gasteiger partial charge in [0.15, 0.2) is 6.61 Å². The Morgan fingerprint density at radius 2 is 1.87 bits per heavy atom. The lowest BCUT2D eigenvalue weighted by Gasteiger charge is -2.60. The number of ether oxygens (including phenoxy) is 1. The number of fused-ring (bicyclic) bond motifs is 5. The average Bonchev–Trinajstić information content (AvgIpc) is 2.87. The Kier molecular flexibility index (Phi) is 5.21. The second kappa shape index (κ2) is 7.13. The number of aliphatic hydroxyl groups is 2. The molecule has 0 aromatic heterocycles. The fourth-order valence-electron chi connectivity index (χ4n) is 8.26. The fraction of sp³-hybridized carbons (Fsp3) is 0.875. The predicted octanol–water partition coefficient (Wildman–Crippen LogP) is 2.68. The molecule has 0 spiro atoms. The van der Waals surface area contributed by atoms with Gasteiger partial charge in [0.25, 0.3) is 0 Å². The van der Waals surface area contributed by atoms with Crippen molar-refractivity contribution in [1.82, 2.24) is 0 Å². The Morgan fingerprint density at radius 1 is 1.17 bits per heavy atom. The van der Waals surface area contributed by atoms with E-state index in [1.54, 1.807) is 0 Å². The quantitative estimate of drug-likeness (QED) is 0.681. The topological polar surface area (TPSA) is 101 Å². The molecule has 4 aliphatic carbocycles. The minimum Gasteiger partial charge on any atom is -0.458 e. The van der Waals surface area contributed by atoms with Crippen LogP contribution in [-0.2, 0) is 19.1 Å². The van der Waals surface area contributed by atoms with Gasteiger partial charge in [-0.3, -0.25) is 14.4 Å². The van der Waals surface area contributed by atoms with Crippen molar-refractivity contribution in [2.24, 2.45) is 40.4 Å². The summed E-state index contributed by atoms with van der Waals surface area (Å²) in [5.74, 6) is -0.612. The number of esters is 1. The molecular formula is C24H36O6. The van der Waals surface area contributed by atoms with Crippen LogP contribution < -0.4 is 0 Å². The minimum absolute atomic E-state index is 0.0556. The second-order valence-corrected chi connectivity index (χ2v) is 11.1. The summed E-state index contributed by atoms with van der Waals surface area (Å²) in [4.78, 5) is 37.9. The van der Waals surface area contributed by atoms with Crippen molar-refractivity contribution in [2.75, 3.05) is 6.61 Å². The van der Waals surface area contributed by atoms with E-state index in [1.165, 1.54) is 6.92 Å². The summed E-state index contributed by atoms with van der Waals surface area (Å²) >= 11 is 0. The number of Topliss-reactive ketones (excluding diaryl/α,β-unsaturated/α-hetero) is 2. The second-order valence-electron chi connectivity index (χ2n) is 11.1. The highest BCUT2D eigenvalue weighted by molar-refractivity contribution is 5.93. The first-order valence-electron chi connectivity index (χ1n) is 11.5. The molecule has 0 radical (unpaired) electrons. The molecule has 1 unspecified atom stereocenters. The third-order valence-electron chi connectivity index (χ3n) is 9.74. The highest BCUT2D eigenvalue weighted by Crippen LogP contribution is 2.68. The summed E-state index contributed by atoms with van der Waals surface area (Å²) in [5, 5.41) is 21.9. The van der Waals surface area contributed by atoms with Crippen LogP contribution in [0.5, 0.6) is 0 Å². The number of rotatable bonds is 3. The molecule has 6 heteroatoms. The standard InChI is InChI=1S/C24H36O6/c1-13-9-18-17-6-5-15-10-16(26)7-8-22(15,3)21(17)19(27)11-23(18,4)24(13,29)20(28)12-30-14(2)25/h13,15-18,21,26,29H,5-12H2,1-4H3/t13-,15?,16-,17+,18+,21-,22+,23+,24+/m1/s1. The van der Waals surface area contributed by atoms with Gasteiger partial charge in [0, 0.05) is 24.7 Å². The van der Waals surface area contributed by atoms with Crippen molar-refractivity contribution in [2.45, 2.75) is 84.3 Å². The molecule has 0 aromatic rings. The maximum Gasteiger partial charge on any atom is 0.303 e. The van der Waals surface area contributed by atoms with Crippen LogP contribution in [0.25, 0.3) is 0 Å². The molecule has 9 atom stereocenters. The number of hydrogen-bond donors (Lipinski definition) is 2. The van der Waals surface area contributed by atoms with Gasteiger partial charge in [-0.2, -0.15) is 0 Å². The van der Waals surface area contributed by atoms with Crippen molar-refractivity contribution in [3.05, 3.63) is 0 Å². The van der Waals surface area contributed by atoms with Crippen LogP contribution >= 0.6 is 0 Å². The van der Waals surface area contributed by atoms with Crippen LogP contribution in [0.1, 0.15) is 72.6 Å². The van der Waals surface area contributed by atoms with Crippen LogP contribution in [0.4, 0.5) is 0 Å². The normalized spacial score (nSPS) is 50.3. The zero-order valence-corrected chi connectivity index (χ0v) is 18.6. The zero-order chi connectivity index (χ0) is 22.1. The summed E-state index contributed by atoms with van der Waals surface area (Å²) in [5.41, 5.74) is -2.60. The summed E-state index contributed by atoms with van der Waals surface area (Å²) in [6.07, 6.45) is 4.91. The van der Waals surface area contributed by atoms with Crippen molar-refractivity contribution in [3.8, 4) is 0 Å². The number of carbonyl (C=O) groups excluding carboxylic acids is 3. The van der Waals surface area contributed by atoms with E-state index in [0.29, 0.717) is 12.3 Å². The van der Waals surface area contributed by atoms with E-state index < -0.39 is 29.4 Å². The molecule has 0 aliphatic heterocycles. The van der Waals surface area contributed by atoms with Crippen LogP contribution in [0.3, 0.4) is 0 Å². The van der Waals surface area contributed by atoms with Gasteiger partial charge in [-0.05, 0) is 67.6 Å².